The van der Waals surface area contributed by atoms with Crippen molar-refractivity contribution < 1.29 is 9.34 Å². The summed E-state index contributed by atoms with van der Waals surface area (Å²) in [7, 11) is 0. The average molecular weight is 466 g/mol. The standard InChI is InChI=1S/C23H10N6O4S/c30-23-14(10-11-9-12(29(31)32)5-8-18(11)33-23)22-24-15-4-2-1-3-13(15)21-25-20-17(28(21)22)7-6-16-19(20)27-34-26-16/h1-10H. The molecule has 0 radical (unpaired) electrons. The predicted molar refractivity (Wildman–Crippen MR) is 127 cm³/mol. The molecule has 0 unspecified atom stereocenters. The van der Waals surface area contributed by atoms with E-state index < -0.39 is 10.5 Å². The van der Waals surface area contributed by atoms with Crippen LogP contribution in [0.4, 0.5) is 5.69 Å². The van der Waals surface area contributed by atoms with Gasteiger partial charge in [0, 0.05) is 22.9 Å². The van der Waals surface area contributed by atoms with Gasteiger partial charge in [-0.3, -0.25) is 14.5 Å². The van der Waals surface area contributed by atoms with Crippen LogP contribution in [-0.2, 0) is 0 Å². The van der Waals surface area contributed by atoms with E-state index in [1.165, 1.54) is 18.2 Å². The lowest BCUT2D eigenvalue weighted by Crippen LogP contribution is -2.08. The fourth-order valence-corrected chi connectivity index (χ4v) is 4.81. The van der Waals surface area contributed by atoms with Gasteiger partial charge in [-0.05, 0) is 36.4 Å². The average Bonchev–Trinajstić information content (AvgIpc) is 3.47. The number of non-ortho nitro benzene ring substituents is 1. The number of imidazole rings is 1. The molecule has 0 atom stereocenters. The Labute approximate surface area is 192 Å². The Bertz CT molecular complexity index is 2040. The van der Waals surface area contributed by atoms with Crippen LogP contribution < -0.4 is 5.63 Å². The zero-order chi connectivity index (χ0) is 23.0. The summed E-state index contributed by atoms with van der Waals surface area (Å²) >= 11 is 1.10. The van der Waals surface area contributed by atoms with Gasteiger partial charge < -0.3 is 4.42 Å². The van der Waals surface area contributed by atoms with Crippen molar-refractivity contribution in [2.24, 2.45) is 0 Å². The summed E-state index contributed by atoms with van der Waals surface area (Å²) < 4.78 is 16.0. The molecule has 0 N–H and O–H groups in total. The molecule has 0 spiro atoms. The first-order chi connectivity index (χ1) is 16.6. The van der Waals surface area contributed by atoms with Gasteiger partial charge in [0.2, 0.25) is 0 Å². The molecule has 34 heavy (non-hydrogen) atoms. The van der Waals surface area contributed by atoms with Crippen molar-refractivity contribution in [3.8, 4) is 11.4 Å². The molecule has 7 aromatic rings. The lowest BCUT2D eigenvalue weighted by atomic mass is 10.1. The number of hydrogen-bond donors (Lipinski definition) is 0. The Morgan fingerprint density at radius 1 is 0.941 bits per heavy atom. The van der Waals surface area contributed by atoms with E-state index in [1.54, 1.807) is 10.5 Å². The highest BCUT2D eigenvalue weighted by Gasteiger charge is 2.21. The Balaban J connectivity index is 1.66. The van der Waals surface area contributed by atoms with Gasteiger partial charge in [-0.15, -0.1) is 0 Å². The van der Waals surface area contributed by atoms with Crippen LogP contribution in [0.25, 0.3) is 61.0 Å². The van der Waals surface area contributed by atoms with Gasteiger partial charge in [0.05, 0.1) is 27.7 Å². The number of benzene rings is 3. The molecule has 0 amide bonds. The first kappa shape index (κ1) is 18.8. The van der Waals surface area contributed by atoms with Crippen molar-refractivity contribution >= 4 is 67.0 Å². The van der Waals surface area contributed by atoms with Gasteiger partial charge >= 0.3 is 5.63 Å². The lowest BCUT2D eigenvalue weighted by Gasteiger charge is -2.09. The van der Waals surface area contributed by atoms with Crippen LogP contribution in [0.2, 0.25) is 0 Å². The second-order valence-electron chi connectivity index (χ2n) is 7.72. The van der Waals surface area contributed by atoms with Crippen molar-refractivity contribution in [3.05, 3.63) is 81.2 Å². The van der Waals surface area contributed by atoms with E-state index in [4.69, 9.17) is 14.4 Å². The Kier molecular flexibility index (Phi) is 3.65. The first-order valence-electron chi connectivity index (χ1n) is 10.1. The number of fused-ring (bicyclic) bond motifs is 8. The summed E-state index contributed by atoms with van der Waals surface area (Å²) in [5, 5.41) is 12.5. The number of nitrogens with zero attached hydrogens (tertiary/aromatic N) is 6. The minimum absolute atomic E-state index is 0.101. The molecule has 4 aromatic heterocycles. The third-order valence-electron chi connectivity index (χ3n) is 5.80. The third-order valence-corrected chi connectivity index (χ3v) is 6.34. The maximum absolute atomic E-state index is 13.1. The number of aromatic nitrogens is 5. The van der Waals surface area contributed by atoms with Crippen molar-refractivity contribution in [2.75, 3.05) is 0 Å². The third kappa shape index (κ3) is 2.52. The SMILES string of the molecule is O=c1oc2ccc([N+](=O)[O-])cc2cc1-c1nc2ccccc2c2nc3c4nsnc4ccc3n12. The van der Waals surface area contributed by atoms with Crippen LogP contribution in [0.15, 0.2) is 69.9 Å². The summed E-state index contributed by atoms with van der Waals surface area (Å²) in [6.45, 7) is 0. The van der Waals surface area contributed by atoms with Crippen molar-refractivity contribution in [2.45, 2.75) is 0 Å². The molecule has 11 heteroatoms. The highest BCUT2D eigenvalue weighted by molar-refractivity contribution is 7.00. The van der Waals surface area contributed by atoms with Crippen LogP contribution >= 0.6 is 11.7 Å². The van der Waals surface area contributed by atoms with Crippen LogP contribution in [-0.4, -0.2) is 28.0 Å². The fourth-order valence-electron chi connectivity index (χ4n) is 4.27. The van der Waals surface area contributed by atoms with Gasteiger partial charge in [0.25, 0.3) is 5.69 Å². The molecular weight excluding hydrogens is 456 g/mol. The molecule has 7 rings (SSSR count). The molecule has 0 bridgehead atoms. The summed E-state index contributed by atoms with van der Waals surface area (Å²) in [5.74, 6) is 0.320. The largest absolute Gasteiger partial charge is 0.422 e. The number of hydrogen-bond acceptors (Lipinski definition) is 9. The van der Waals surface area contributed by atoms with E-state index in [2.05, 4.69) is 8.75 Å². The summed E-state index contributed by atoms with van der Waals surface area (Å²) in [5.41, 5.74) is 3.72. The number of nitro groups is 1. The molecule has 4 heterocycles. The zero-order valence-electron chi connectivity index (χ0n) is 17.0. The van der Waals surface area contributed by atoms with Gasteiger partial charge in [-0.2, -0.15) is 8.75 Å². The van der Waals surface area contributed by atoms with E-state index in [0.29, 0.717) is 38.9 Å². The molecule has 10 nitrogen and oxygen atoms in total. The predicted octanol–water partition coefficient (Wildman–Crippen LogP) is 4.72. The molecule has 0 aliphatic rings. The Morgan fingerprint density at radius 3 is 2.71 bits per heavy atom. The van der Waals surface area contributed by atoms with Crippen LogP contribution in [0.3, 0.4) is 0 Å². The van der Waals surface area contributed by atoms with Crippen molar-refractivity contribution in [1.82, 2.24) is 23.1 Å². The quantitative estimate of drug-likeness (QED) is 0.203. The smallest absolute Gasteiger partial charge is 0.347 e. The lowest BCUT2D eigenvalue weighted by molar-refractivity contribution is -0.384. The second-order valence-corrected chi connectivity index (χ2v) is 8.24. The molecule has 0 aliphatic carbocycles. The van der Waals surface area contributed by atoms with Crippen molar-refractivity contribution in [1.29, 1.82) is 0 Å². The number of rotatable bonds is 2. The minimum atomic E-state index is -0.608. The topological polar surface area (TPSA) is 129 Å². The van der Waals surface area contributed by atoms with Gasteiger partial charge in [-0.25, -0.2) is 14.8 Å². The van der Waals surface area contributed by atoms with Crippen LogP contribution in [0, 0.1) is 10.1 Å². The van der Waals surface area contributed by atoms with E-state index in [0.717, 1.165) is 22.6 Å². The fraction of sp³-hybridized carbons (Fsp3) is 0. The Hall–Kier alpha value is -4.77. The van der Waals surface area contributed by atoms with Gasteiger partial charge in [0.15, 0.2) is 5.82 Å². The molecule has 0 fully saturated rings. The van der Waals surface area contributed by atoms with E-state index in [-0.39, 0.29) is 16.8 Å². The van der Waals surface area contributed by atoms with E-state index >= 15 is 0 Å². The summed E-state index contributed by atoms with van der Waals surface area (Å²) in [4.78, 5) is 33.5. The normalized spacial score (nSPS) is 11.9. The molecular formula is C23H10N6O4S. The second kappa shape index (κ2) is 6.62. The summed E-state index contributed by atoms with van der Waals surface area (Å²) in [6, 6.07) is 16.9. The molecule has 162 valence electrons. The molecule has 3 aromatic carbocycles. The highest BCUT2D eigenvalue weighted by Crippen LogP contribution is 2.32. The van der Waals surface area contributed by atoms with E-state index in [1.807, 2.05) is 36.4 Å². The van der Waals surface area contributed by atoms with Crippen LogP contribution in [0.1, 0.15) is 0 Å². The van der Waals surface area contributed by atoms with Gasteiger partial charge in [0.1, 0.15) is 33.3 Å². The maximum atomic E-state index is 13.1. The molecule has 0 aliphatic heterocycles. The zero-order valence-corrected chi connectivity index (χ0v) is 17.8. The number of para-hydroxylation sites is 1. The minimum Gasteiger partial charge on any atom is -0.422 e. The molecule has 0 saturated heterocycles. The first-order valence-corrected chi connectivity index (χ1v) is 10.9. The maximum Gasteiger partial charge on any atom is 0.347 e. The molecule has 0 saturated carbocycles. The van der Waals surface area contributed by atoms with Gasteiger partial charge in [-0.1, -0.05) is 12.1 Å². The monoisotopic (exact) mass is 466 g/mol. The Morgan fingerprint density at radius 2 is 1.82 bits per heavy atom. The summed E-state index contributed by atoms with van der Waals surface area (Å²) in [6.07, 6.45) is 0. The van der Waals surface area contributed by atoms with Crippen LogP contribution in [0.5, 0.6) is 0 Å². The number of nitro benzene ring substituents is 1. The van der Waals surface area contributed by atoms with E-state index in [9.17, 15) is 14.9 Å². The highest BCUT2D eigenvalue weighted by atomic mass is 32.1. The van der Waals surface area contributed by atoms with Crippen molar-refractivity contribution in [3.63, 3.8) is 0 Å².